The molecule has 2 N–H and O–H groups in total. The van der Waals surface area contributed by atoms with Crippen LogP contribution in [0.1, 0.15) is 23.1 Å². The van der Waals surface area contributed by atoms with Crippen LogP contribution < -0.4 is 16.2 Å². The van der Waals surface area contributed by atoms with E-state index in [9.17, 15) is 22.8 Å². The van der Waals surface area contributed by atoms with Gasteiger partial charge in [-0.15, -0.1) is 11.8 Å². The lowest BCUT2D eigenvalue weighted by Gasteiger charge is -2.17. The summed E-state index contributed by atoms with van der Waals surface area (Å²) in [5.41, 5.74) is -2.63. The van der Waals surface area contributed by atoms with Gasteiger partial charge in [-0.1, -0.05) is 18.5 Å². The number of rotatable bonds is 5. The predicted molar refractivity (Wildman–Crippen MR) is 99.8 cm³/mol. The number of carbonyl (C=O) groups excluding carboxylic acids is 1. The lowest BCUT2D eigenvalue weighted by atomic mass is 10.2. The Labute approximate surface area is 162 Å². The van der Waals surface area contributed by atoms with Crippen LogP contribution in [0.15, 0.2) is 27.9 Å². The Morgan fingerprint density at radius 2 is 2.04 bits per heavy atom. The zero-order valence-corrected chi connectivity index (χ0v) is 16.1. The molecule has 2 aromatic rings. The van der Waals surface area contributed by atoms with Crippen molar-refractivity contribution in [1.29, 1.82) is 0 Å². The quantitative estimate of drug-likeness (QED) is 0.567. The van der Waals surface area contributed by atoms with Crippen molar-refractivity contribution in [2.75, 3.05) is 23.4 Å². The molecule has 0 aliphatic rings. The van der Waals surface area contributed by atoms with E-state index in [1.165, 1.54) is 24.9 Å². The number of nitrogens with one attached hydrogen (secondary N) is 2. The molecule has 1 amide bonds. The molecule has 0 spiro atoms. The van der Waals surface area contributed by atoms with Gasteiger partial charge in [0.25, 0.3) is 11.5 Å². The van der Waals surface area contributed by atoms with Crippen LogP contribution in [0.4, 0.5) is 24.5 Å². The highest BCUT2D eigenvalue weighted by Gasteiger charge is 2.35. The molecule has 0 radical (unpaired) electrons. The first-order chi connectivity index (χ1) is 12.6. The molecule has 27 heavy (non-hydrogen) atoms. The van der Waals surface area contributed by atoms with E-state index in [0.29, 0.717) is 21.3 Å². The second-order valence-electron chi connectivity index (χ2n) is 5.30. The molecule has 0 aliphatic carbocycles. The molecule has 0 saturated heterocycles. The molecule has 146 valence electrons. The van der Waals surface area contributed by atoms with Gasteiger partial charge in [0.05, 0.1) is 5.69 Å². The van der Waals surface area contributed by atoms with Crippen molar-refractivity contribution in [2.24, 2.45) is 7.05 Å². The van der Waals surface area contributed by atoms with E-state index >= 15 is 0 Å². The summed E-state index contributed by atoms with van der Waals surface area (Å²) in [6.45, 7) is 1.87. The summed E-state index contributed by atoms with van der Waals surface area (Å²) in [6.07, 6.45) is -4.77. The number of alkyl halides is 3. The maximum Gasteiger partial charge on any atom is 0.431 e. The SMILES string of the molecule is CCSc1ccc(Cl)nc1C(=O)Nc1cc(C(F)(F)F)n(C)c(=O)c1NC. The highest BCUT2D eigenvalue weighted by molar-refractivity contribution is 7.99. The van der Waals surface area contributed by atoms with Gasteiger partial charge in [-0.25, -0.2) is 4.98 Å². The van der Waals surface area contributed by atoms with Gasteiger partial charge in [0.15, 0.2) is 0 Å². The third kappa shape index (κ3) is 4.56. The first-order valence-electron chi connectivity index (χ1n) is 7.69. The molecular weight excluding hydrogens is 405 g/mol. The number of nitrogens with zero attached hydrogens (tertiary/aromatic N) is 2. The molecule has 0 bridgehead atoms. The van der Waals surface area contributed by atoms with E-state index in [-0.39, 0.29) is 22.2 Å². The van der Waals surface area contributed by atoms with Crippen LogP contribution in [-0.2, 0) is 13.2 Å². The third-order valence-electron chi connectivity index (χ3n) is 3.56. The van der Waals surface area contributed by atoms with Crippen molar-refractivity contribution >= 4 is 40.6 Å². The number of anilines is 2. The largest absolute Gasteiger partial charge is 0.431 e. The monoisotopic (exact) mass is 420 g/mol. The van der Waals surface area contributed by atoms with Gasteiger partial charge < -0.3 is 15.2 Å². The van der Waals surface area contributed by atoms with Crippen LogP contribution >= 0.6 is 23.4 Å². The van der Waals surface area contributed by atoms with Gasteiger partial charge in [0, 0.05) is 19.0 Å². The summed E-state index contributed by atoms with van der Waals surface area (Å²) in [5.74, 6) is -0.124. The normalized spacial score (nSPS) is 11.4. The van der Waals surface area contributed by atoms with Crippen molar-refractivity contribution in [3.63, 3.8) is 0 Å². The van der Waals surface area contributed by atoms with E-state index < -0.39 is 23.3 Å². The Hall–Kier alpha value is -2.20. The number of halogens is 4. The summed E-state index contributed by atoms with van der Waals surface area (Å²) in [6, 6.07) is 3.81. The summed E-state index contributed by atoms with van der Waals surface area (Å²) in [7, 11) is 2.38. The molecule has 0 fully saturated rings. The van der Waals surface area contributed by atoms with Crippen molar-refractivity contribution < 1.29 is 18.0 Å². The van der Waals surface area contributed by atoms with Gasteiger partial charge in [-0.3, -0.25) is 9.59 Å². The fourth-order valence-electron chi connectivity index (χ4n) is 2.35. The summed E-state index contributed by atoms with van der Waals surface area (Å²) in [5, 5.41) is 4.92. The Morgan fingerprint density at radius 3 is 2.59 bits per heavy atom. The lowest BCUT2D eigenvalue weighted by Crippen LogP contribution is -2.29. The fraction of sp³-hybridized carbons (Fsp3) is 0.312. The zero-order valence-electron chi connectivity index (χ0n) is 14.6. The number of aromatic nitrogens is 2. The standard InChI is InChI=1S/C16H16ClF3N4O2S/c1-4-27-9-5-6-11(17)23-13(9)14(25)22-8-7-10(16(18,19)20)24(3)15(26)12(8)21-2/h5-7,21H,4H2,1-3H3,(H,22,25). The van der Waals surface area contributed by atoms with Crippen LogP contribution in [0.5, 0.6) is 0 Å². The number of carbonyl (C=O) groups is 1. The van der Waals surface area contributed by atoms with Crippen LogP contribution in [0.2, 0.25) is 5.15 Å². The number of hydrogen-bond donors (Lipinski definition) is 2. The van der Waals surface area contributed by atoms with Crippen LogP contribution in [-0.4, -0.2) is 28.3 Å². The second kappa shape index (κ2) is 8.22. The minimum atomic E-state index is -4.77. The summed E-state index contributed by atoms with van der Waals surface area (Å²) < 4.78 is 40.1. The maximum atomic E-state index is 13.2. The molecule has 0 unspecified atom stereocenters. The Morgan fingerprint density at radius 1 is 1.37 bits per heavy atom. The average Bonchev–Trinajstić information content (AvgIpc) is 2.59. The summed E-state index contributed by atoms with van der Waals surface area (Å²) in [4.78, 5) is 29.3. The molecule has 6 nitrogen and oxygen atoms in total. The molecule has 2 rings (SSSR count). The minimum absolute atomic E-state index is 0.0364. The topological polar surface area (TPSA) is 76.0 Å². The zero-order chi connectivity index (χ0) is 20.4. The van der Waals surface area contributed by atoms with Gasteiger partial charge >= 0.3 is 6.18 Å². The number of thioether (sulfide) groups is 1. The van der Waals surface area contributed by atoms with Crippen molar-refractivity contribution in [2.45, 2.75) is 18.0 Å². The van der Waals surface area contributed by atoms with E-state index in [1.54, 1.807) is 6.07 Å². The van der Waals surface area contributed by atoms with Crippen LogP contribution in [0.25, 0.3) is 0 Å². The Kier molecular flexibility index (Phi) is 6.42. The molecule has 2 aromatic heterocycles. The number of pyridine rings is 2. The predicted octanol–water partition coefficient (Wildman–Crippen LogP) is 3.86. The van der Waals surface area contributed by atoms with Gasteiger partial charge in [0.2, 0.25) is 0 Å². The molecule has 0 atom stereocenters. The highest BCUT2D eigenvalue weighted by atomic mass is 35.5. The molecule has 11 heteroatoms. The maximum absolute atomic E-state index is 13.2. The average molecular weight is 421 g/mol. The van der Waals surface area contributed by atoms with E-state index in [1.807, 2.05) is 6.92 Å². The van der Waals surface area contributed by atoms with Crippen molar-refractivity contribution in [3.05, 3.63) is 45.1 Å². The highest BCUT2D eigenvalue weighted by Crippen LogP contribution is 2.32. The van der Waals surface area contributed by atoms with Gasteiger partial charge in [-0.2, -0.15) is 13.2 Å². The van der Waals surface area contributed by atoms with Crippen LogP contribution in [0.3, 0.4) is 0 Å². The van der Waals surface area contributed by atoms with Gasteiger partial charge in [-0.05, 0) is 24.0 Å². The fourth-order valence-corrected chi connectivity index (χ4v) is 3.25. The molecule has 2 heterocycles. The lowest BCUT2D eigenvalue weighted by molar-refractivity contribution is -0.143. The molecule has 0 aromatic carbocycles. The van der Waals surface area contributed by atoms with E-state index in [2.05, 4.69) is 15.6 Å². The third-order valence-corrected chi connectivity index (χ3v) is 4.70. The molecule has 0 aliphatic heterocycles. The van der Waals surface area contributed by atoms with Crippen molar-refractivity contribution in [1.82, 2.24) is 9.55 Å². The van der Waals surface area contributed by atoms with E-state index in [0.717, 1.165) is 7.05 Å². The molecular formula is C16H16ClF3N4O2S. The van der Waals surface area contributed by atoms with Crippen molar-refractivity contribution in [3.8, 4) is 0 Å². The smallest absolute Gasteiger partial charge is 0.382 e. The molecule has 0 saturated carbocycles. The van der Waals surface area contributed by atoms with E-state index in [4.69, 9.17) is 11.6 Å². The second-order valence-corrected chi connectivity index (χ2v) is 6.99. The van der Waals surface area contributed by atoms with Gasteiger partial charge in [0.1, 0.15) is 22.2 Å². The minimum Gasteiger partial charge on any atom is -0.382 e. The Bertz CT molecular complexity index is 931. The first-order valence-corrected chi connectivity index (χ1v) is 9.06. The summed E-state index contributed by atoms with van der Waals surface area (Å²) >= 11 is 7.17. The first kappa shape index (κ1) is 21.1. The van der Waals surface area contributed by atoms with Crippen LogP contribution in [0, 0.1) is 0 Å². The number of amides is 1. The Balaban J connectivity index is 2.54. The number of hydrogen-bond acceptors (Lipinski definition) is 5.